The van der Waals surface area contributed by atoms with Gasteiger partial charge in [0.2, 0.25) is 10.0 Å². The summed E-state index contributed by atoms with van der Waals surface area (Å²) in [6.45, 7) is 2.02. The van der Waals surface area contributed by atoms with Crippen molar-refractivity contribution in [2.24, 2.45) is 0 Å². The Morgan fingerprint density at radius 1 is 1.12 bits per heavy atom. The second-order valence-corrected chi connectivity index (χ2v) is 7.66. The van der Waals surface area contributed by atoms with Crippen LogP contribution in [-0.4, -0.2) is 27.1 Å². The van der Waals surface area contributed by atoms with E-state index in [0.717, 1.165) is 11.8 Å². The first-order valence-corrected chi connectivity index (χ1v) is 9.74. The van der Waals surface area contributed by atoms with E-state index < -0.39 is 16.1 Å². The van der Waals surface area contributed by atoms with Crippen molar-refractivity contribution in [3.8, 4) is 0 Å². The highest BCUT2D eigenvalue weighted by atomic mass is 32.2. The molecule has 0 radical (unpaired) electrons. The van der Waals surface area contributed by atoms with Gasteiger partial charge in [0.25, 0.3) is 5.91 Å². The molecule has 25 heavy (non-hydrogen) atoms. The van der Waals surface area contributed by atoms with Crippen molar-refractivity contribution in [2.45, 2.75) is 19.4 Å². The van der Waals surface area contributed by atoms with Gasteiger partial charge < -0.3 is 5.32 Å². The molecule has 2 aromatic carbocycles. The molecule has 2 N–H and O–H groups in total. The summed E-state index contributed by atoms with van der Waals surface area (Å²) in [5, 5.41) is 2.77. The molecular weight excluding hydrogens is 343 g/mol. The predicted molar refractivity (Wildman–Crippen MR) is 95.3 cm³/mol. The number of benzene rings is 2. The first-order chi connectivity index (χ1) is 11.8. The number of amides is 1. The summed E-state index contributed by atoms with van der Waals surface area (Å²) in [5.74, 6) is -0.652. The van der Waals surface area contributed by atoms with Crippen LogP contribution in [0.3, 0.4) is 0 Å². The van der Waals surface area contributed by atoms with E-state index in [1.807, 2.05) is 0 Å². The van der Waals surface area contributed by atoms with Crippen LogP contribution in [0.15, 0.2) is 48.5 Å². The molecular formula is C18H21FN2O3S. The smallest absolute Gasteiger partial charge is 0.251 e. The molecule has 0 saturated carbocycles. The fourth-order valence-corrected chi connectivity index (χ4v) is 2.86. The number of halogens is 1. The Bertz CT molecular complexity index is 836. The maximum Gasteiger partial charge on any atom is 0.251 e. The largest absolute Gasteiger partial charge is 0.345 e. The molecule has 0 aliphatic carbocycles. The summed E-state index contributed by atoms with van der Waals surface area (Å²) in [4.78, 5) is 12.3. The Hall–Kier alpha value is -2.25. The Labute approximate surface area is 147 Å². The highest BCUT2D eigenvalue weighted by Gasteiger charge is 2.14. The van der Waals surface area contributed by atoms with Crippen molar-refractivity contribution in [1.82, 2.24) is 10.0 Å². The van der Waals surface area contributed by atoms with Crippen molar-refractivity contribution in [3.05, 3.63) is 71.0 Å². The maximum atomic E-state index is 13.7. The van der Waals surface area contributed by atoms with E-state index in [0.29, 0.717) is 24.1 Å². The molecule has 2 aromatic rings. The van der Waals surface area contributed by atoms with Gasteiger partial charge in [-0.05, 0) is 37.1 Å². The van der Waals surface area contributed by atoms with Crippen molar-refractivity contribution < 1.29 is 17.6 Å². The minimum Gasteiger partial charge on any atom is -0.345 e. The second kappa shape index (κ2) is 8.22. The highest BCUT2D eigenvalue weighted by Crippen LogP contribution is 2.17. The molecule has 7 heteroatoms. The van der Waals surface area contributed by atoms with Gasteiger partial charge in [0.15, 0.2) is 0 Å². The summed E-state index contributed by atoms with van der Waals surface area (Å²) in [6.07, 6.45) is 1.64. The zero-order chi connectivity index (χ0) is 18.4. The zero-order valence-corrected chi connectivity index (χ0v) is 14.9. The van der Waals surface area contributed by atoms with Gasteiger partial charge in [0.1, 0.15) is 5.82 Å². The predicted octanol–water partition coefficient (Wildman–Crippen LogP) is 2.41. The third-order valence-electron chi connectivity index (χ3n) is 3.71. The van der Waals surface area contributed by atoms with Gasteiger partial charge in [0, 0.05) is 17.7 Å². The van der Waals surface area contributed by atoms with E-state index in [1.165, 1.54) is 6.07 Å². The van der Waals surface area contributed by atoms with Crippen LogP contribution >= 0.6 is 0 Å². The molecule has 0 heterocycles. The van der Waals surface area contributed by atoms with Crippen molar-refractivity contribution in [3.63, 3.8) is 0 Å². The molecule has 0 saturated heterocycles. The van der Waals surface area contributed by atoms with Crippen LogP contribution in [0.1, 0.15) is 34.5 Å². The van der Waals surface area contributed by atoms with Crippen molar-refractivity contribution >= 4 is 15.9 Å². The molecule has 0 bridgehead atoms. The van der Waals surface area contributed by atoms with E-state index in [9.17, 15) is 17.6 Å². The molecule has 0 spiro atoms. The van der Waals surface area contributed by atoms with E-state index in [2.05, 4.69) is 10.0 Å². The average molecular weight is 364 g/mol. The van der Waals surface area contributed by atoms with Crippen LogP contribution in [0, 0.1) is 5.82 Å². The number of hydrogen-bond donors (Lipinski definition) is 2. The number of nitrogens with one attached hydrogen (secondary N) is 2. The molecule has 0 aliphatic rings. The molecule has 0 aliphatic heterocycles. The molecule has 5 nitrogen and oxygen atoms in total. The quantitative estimate of drug-likeness (QED) is 0.792. The summed E-state index contributed by atoms with van der Waals surface area (Å²) >= 11 is 0. The lowest BCUT2D eigenvalue weighted by Crippen LogP contribution is -2.27. The van der Waals surface area contributed by atoms with Crippen molar-refractivity contribution in [1.29, 1.82) is 0 Å². The Morgan fingerprint density at radius 3 is 2.36 bits per heavy atom. The number of carbonyl (C=O) groups is 1. The lowest BCUT2D eigenvalue weighted by molar-refractivity contribution is 0.0939. The third kappa shape index (κ3) is 5.95. The van der Waals surface area contributed by atoms with Gasteiger partial charge in [0.05, 0.1) is 12.3 Å². The number of rotatable bonds is 7. The molecule has 2 rings (SSSR count). The van der Waals surface area contributed by atoms with Crippen LogP contribution in [0.4, 0.5) is 4.39 Å². The Kier molecular flexibility index (Phi) is 6.27. The van der Waals surface area contributed by atoms with Crippen LogP contribution in [0.2, 0.25) is 0 Å². The van der Waals surface area contributed by atoms with Gasteiger partial charge in [-0.3, -0.25) is 4.79 Å². The monoisotopic (exact) mass is 364 g/mol. The summed E-state index contributed by atoms with van der Waals surface area (Å²) in [7, 11) is -3.20. The molecule has 134 valence electrons. The summed E-state index contributed by atoms with van der Waals surface area (Å²) < 4.78 is 38.2. The highest BCUT2D eigenvalue weighted by molar-refractivity contribution is 7.88. The third-order valence-corrected chi connectivity index (χ3v) is 4.44. The van der Waals surface area contributed by atoms with Gasteiger partial charge in [-0.2, -0.15) is 0 Å². The first kappa shape index (κ1) is 19.1. The standard InChI is InChI=1S/C18H21FN2O3S/c1-13(16-5-3-4-6-17(16)19)21-18(22)15-9-7-14(8-10-15)11-12-20-25(2,23)24/h3-10,13,20H,11-12H2,1-2H3,(H,21,22)/t13-/m0/s1. The lowest BCUT2D eigenvalue weighted by atomic mass is 10.1. The van der Waals surface area contributed by atoms with Crippen molar-refractivity contribution in [2.75, 3.05) is 12.8 Å². The Morgan fingerprint density at radius 2 is 1.76 bits per heavy atom. The maximum absolute atomic E-state index is 13.7. The number of sulfonamides is 1. The van der Waals surface area contributed by atoms with E-state index in [4.69, 9.17) is 0 Å². The molecule has 0 aromatic heterocycles. The number of carbonyl (C=O) groups excluding carboxylic acids is 1. The fourth-order valence-electron chi connectivity index (χ4n) is 2.39. The second-order valence-electron chi connectivity index (χ2n) is 5.83. The number of hydrogen-bond acceptors (Lipinski definition) is 3. The molecule has 0 fully saturated rings. The van der Waals surface area contributed by atoms with Gasteiger partial charge in [-0.15, -0.1) is 0 Å². The molecule has 0 unspecified atom stereocenters. The van der Waals surface area contributed by atoms with Crippen LogP contribution < -0.4 is 10.0 Å². The topological polar surface area (TPSA) is 75.3 Å². The van der Waals surface area contributed by atoms with Crippen LogP contribution in [0.25, 0.3) is 0 Å². The lowest BCUT2D eigenvalue weighted by Gasteiger charge is -2.15. The summed E-state index contributed by atoms with van der Waals surface area (Å²) in [6, 6.07) is 12.7. The Balaban J connectivity index is 1.95. The normalized spacial score (nSPS) is 12.6. The zero-order valence-electron chi connectivity index (χ0n) is 14.1. The summed E-state index contributed by atoms with van der Waals surface area (Å²) in [5.41, 5.74) is 1.80. The minimum absolute atomic E-state index is 0.295. The van der Waals surface area contributed by atoms with Gasteiger partial charge >= 0.3 is 0 Å². The molecule has 1 amide bonds. The van der Waals surface area contributed by atoms with E-state index in [-0.39, 0.29) is 11.7 Å². The van der Waals surface area contributed by atoms with E-state index >= 15 is 0 Å². The fraction of sp³-hybridized carbons (Fsp3) is 0.278. The minimum atomic E-state index is -3.20. The van der Waals surface area contributed by atoms with Crippen LogP contribution in [-0.2, 0) is 16.4 Å². The molecule has 1 atom stereocenters. The SMILES string of the molecule is C[C@H](NC(=O)c1ccc(CCNS(C)(=O)=O)cc1)c1ccccc1F. The van der Waals surface area contributed by atoms with Crippen LogP contribution in [0.5, 0.6) is 0 Å². The average Bonchev–Trinajstić information content (AvgIpc) is 2.54. The van der Waals surface area contributed by atoms with E-state index in [1.54, 1.807) is 49.4 Å². The van der Waals surface area contributed by atoms with Gasteiger partial charge in [-0.1, -0.05) is 30.3 Å². The van der Waals surface area contributed by atoms with Gasteiger partial charge in [-0.25, -0.2) is 17.5 Å². The first-order valence-electron chi connectivity index (χ1n) is 7.85.